The third-order valence-corrected chi connectivity index (χ3v) is 5.82. The fourth-order valence-corrected chi connectivity index (χ4v) is 4.28. The SMILES string of the molecule is N#Cc1ccc(S(=O)(=O)NC2CCC(=O)CC2)s1. The van der Waals surface area contributed by atoms with Crippen molar-refractivity contribution in [3.05, 3.63) is 17.0 Å². The molecular weight excluding hydrogens is 272 g/mol. The van der Waals surface area contributed by atoms with Crippen LogP contribution in [0.25, 0.3) is 0 Å². The van der Waals surface area contributed by atoms with Gasteiger partial charge in [0.2, 0.25) is 10.0 Å². The Balaban J connectivity index is 2.08. The van der Waals surface area contributed by atoms with E-state index < -0.39 is 10.0 Å². The van der Waals surface area contributed by atoms with Gasteiger partial charge in [-0.15, -0.1) is 11.3 Å². The summed E-state index contributed by atoms with van der Waals surface area (Å²) in [5, 5.41) is 8.67. The largest absolute Gasteiger partial charge is 0.300 e. The summed E-state index contributed by atoms with van der Waals surface area (Å²) in [6.07, 6.45) is 1.96. The predicted molar refractivity (Wildman–Crippen MR) is 66.6 cm³/mol. The summed E-state index contributed by atoms with van der Waals surface area (Å²) >= 11 is 0.950. The van der Waals surface area contributed by atoms with Crippen molar-refractivity contribution in [3.63, 3.8) is 0 Å². The van der Waals surface area contributed by atoms with Crippen molar-refractivity contribution < 1.29 is 13.2 Å². The van der Waals surface area contributed by atoms with Gasteiger partial charge in [-0.25, -0.2) is 13.1 Å². The van der Waals surface area contributed by atoms with Gasteiger partial charge in [0.25, 0.3) is 0 Å². The molecule has 1 N–H and O–H groups in total. The lowest BCUT2D eigenvalue weighted by atomic mass is 9.95. The number of thiophene rings is 1. The summed E-state index contributed by atoms with van der Waals surface area (Å²) < 4.78 is 26.8. The summed E-state index contributed by atoms with van der Waals surface area (Å²) in [5.41, 5.74) is 0. The van der Waals surface area contributed by atoms with Crippen molar-refractivity contribution in [1.82, 2.24) is 4.72 Å². The van der Waals surface area contributed by atoms with E-state index in [1.165, 1.54) is 12.1 Å². The maximum absolute atomic E-state index is 12.0. The first-order valence-electron chi connectivity index (χ1n) is 5.55. The van der Waals surface area contributed by atoms with Crippen molar-refractivity contribution in [3.8, 4) is 6.07 Å². The highest BCUT2D eigenvalue weighted by atomic mass is 32.2. The van der Waals surface area contributed by atoms with E-state index in [-0.39, 0.29) is 16.0 Å². The number of ketones is 1. The van der Waals surface area contributed by atoms with Gasteiger partial charge in [-0.2, -0.15) is 5.26 Å². The van der Waals surface area contributed by atoms with Crippen LogP contribution >= 0.6 is 11.3 Å². The van der Waals surface area contributed by atoms with Crippen LogP contribution in [0.15, 0.2) is 16.3 Å². The smallest absolute Gasteiger partial charge is 0.250 e. The van der Waals surface area contributed by atoms with E-state index in [0.717, 1.165) is 11.3 Å². The molecule has 2 rings (SSSR count). The second kappa shape index (κ2) is 5.18. The average molecular weight is 284 g/mol. The highest BCUT2D eigenvalue weighted by Gasteiger charge is 2.25. The number of carbonyl (C=O) groups is 1. The molecule has 1 heterocycles. The Labute approximate surface area is 109 Å². The van der Waals surface area contributed by atoms with E-state index in [1.54, 1.807) is 0 Å². The Hall–Kier alpha value is -1.23. The van der Waals surface area contributed by atoms with Crippen molar-refractivity contribution in [2.45, 2.75) is 35.9 Å². The summed E-state index contributed by atoms with van der Waals surface area (Å²) in [7, 11) is -3.56. The molecule has 0 bridgehead atoms. The number of hydrogen-bond donors (Lipinski definition) is 1. The minimum Gasteiger partial charge on any atom is -0.300 e. The van der Waals surface area contributed by atoms with Gasteiger partial charge in [0.15, 0.2) is 0 Å². The molecule has 0 atom stereocenters. The molecule has 1 saturated carbocycles. The molecule has 0 spiro atoms. The van der Waals surface area contributed by atoms with Crippen LogP contribution < -0.4 is 4.72 Å². The van der Waals surface area contributed by atoms with Gasteiger partial charge >= 0.3 is 0 Å². The lowest BCUT2D eigenvalue weighted by Crippen LogP contribution is -2.37. The maximum Gasteiger partial charge on any atom is 0.250 e. The van der Waals surface area contributed by atoms with Crippen molar-refractivity contribution in [2.75, 3.05) is 0 Å². The lowest BCUT2D eigenvalue weighted by molar-refractivity contribution is -0.120. The molecule has 0 unspecified atom stereocenters. The fourth-order valence-electron chi connectivity index (χ4n) is 1.86. The minimum atomic E-state index is -3.56. The van der Waals surface area contributed by atoms with E-state index in [2.05, 4.69) is 4.72 Å². The summed E-state index contributed by atoms with van der Waals surface area (Å²) in [6.45, 7) is 0. The zero-order valence-electron chi connectivity index (χ0n) is 9.55. The van der Waals surface area contributed by atoms with Crippen LogP contribution in [0.1, 0.15) is 30.6 Å². The number of rotatable bonds is 3. The Bertz CT molecular complexity index is 588. The predicted octanol–water partition coefficient (Wildman–Crippen LogP) is 1.41. The molecule has 0 amide bonds. The van der Waals surface area contributed by atoms with E-state index in [0.29, 0.717) is 30.6 Å². The summed E-state index contributed by atoms with van der Waals surface area (Å²) in [5.74, 6) is 0.188. The lowest BCUT2D eigenvalue weighted by Gasteiger charge is -2.21. The molecule has 0 aliphatic heterocycles. The van der Waals surface area contributed by atoms with Gasteiger partial charge in [-0.3, -0.25) is 4.79 Å². The second-order valence-corrected chi connectivity index (χ2v) is 7.19. The molecule has 1 aliphatic rings. The number of Topliss-reactive ketones (excluding diaryl/α,β-unsaturated/α-hetero) is 1. The van der Waals surface area contributed by atoms with E-state index in [9.17, 15) is 13.2 Å². The Morgan fingerprint density at radius 2 is 2.00 bits per heavy atom. The van der Waals surface area contributed by atoms with Gasteiger partial charge in [0.05, 0.1) is 0 Å². The number of hydrogen-bond acceptors (Lipinski definition) is 5. The number of nitrogens with zero attached hydrogens (tertiary/aromatic N) is 1. The molecule has 1 aromatic heterocycles. The number of nitriles is 1. The van der Waals surface area contributed by atoms with Crippen LogP contribution in [0, 0.1) is 11.3 Å². The van der Waals surface area contributed by atoms with Crippen molar-refractivity contribution in [1.29, 1.82) is 5.26 Å². The first-order chi connectivity index (χ1) is 8.51. The van der Waals surface area contributed by atoms with Crippen LogP contribution in [-0.4, -0.2) is 20.2 Å². The minimum absolute atomic E-state index is 0.149. The first-order valence-corrected chi connectivity index (χ1v) is 7.85. The van der Waals surface area contributed by atoms with Crippen LogP contribution in [0.4, 0.5) is 0 Å². The average Bonchev–Trinajstić information content (AvgIpc) is 2.81. The van der Waals surface area contributed by atoms with E-state index >= 15 is 0 Å². The van der Waals surface area contributed by atoms with E-state index in [1.807, 2.05) is 6.07 Å². The van der Waals surface area contributed by atoms with Crippen molar-refractivity contribution >= 4 is 27.1 Å². The number of nitrogens with one attached hydrogen (secondary N) is 1. The van der Waals surface area contributed by atoms with Gasteiger partial charge in [0, 0.05) is 18.9 Å². The third kappa shape index (κ3) is 2.96. The molecule has 7 heteroatoms. The first kappa shape index (κ1) is 13.2. The van der Waals surface area contributed by atoms with Crippen LogP contribution in [-0.2, 0) is 14.8 Å². The quantitative estimate of drug-likeness (QED) is 0.909. The maximum atomic E-state index is 12.0. The Kier molecular flexibility index (Phi) is 3.80. The number of sulfonamides is 1. The molecule has 96 valence electrons. The normalized spacial score (nSPS) is 17.6. The molecule has 1 aliphatic carbocycles. The van der Waals surface area contributed by atoms with Crippen LogP contribution in [0.3, 0.4) is 0 Å². The fraction of sp³-hybridized carbons (Fsp3) is 0.455. The highest BCUT2D eigenvalue weighted by molar-refractivity contribution is 7.91. The highest BCUT2D eigenvalue weighted by Crippen LogP contribution is 2.23. The standard InChI is InChI=1S/C11H12N2O3S2/c12-7-10-5-6-11(17-10)18(15,16)13-8-1-3-9(14)4-2-8/h5-6,8,13H,1-4H2. The molecule has 5 nitrogen and oxygen atoms in total. The van der Waals surface area contributed by atoms with Crippen LogP contribution in [0.5, 0.6) is 0 Å². The van der Waals surface area contributed by atoms with E-state index in [4.69, 9.17) is 5.26 Å². The zero-order chi connectivity index (χ0) is 13.2. The zero-order valence-corrected chi connectivity index (χ0v) is 11.2. The molecule has 0 radical (unpaired) electrons. The third-order valence-electron chi connectivity index (χ3n) is 2.82. The van der Waals surface area contributed by atoms with Gasteiger partial charge in [0.1, 0.15) is 20.9 Å². The topological polar surface area (TPSA) is 87.0 Å². The second-order valence-electron chi connectivity index (χ2n) is 4.16. The van der Waals surface area contributed by atoms with Gasteiger partial charge in [-0.05, 0) is 25.0 Å². The molecule has 1 aromatic rings. The molecule has 1 fully saturated rings. The molecule has 0 aromatic carbocycles. The van der Waals surface area contributed by atoms with Gasteiger partial charge in [-0.1, -0.05) is 0 Å². The summed E-state index contributed by atoms with van der Waals surface area (Å²) in [4.78, 5) is 11.4. The monoisotopic (exact) mass is 284 g/mol. The molecule has 18 heavy (non-hydrogen) atoms. The van der Waals surface area contributed by atoms with Crippen molar-refractivity contribution in [2.24, 2.45) is 0 Å². The van der Waals surface area contributed by atoms with Gasteiger partial charge < -0.3 is 0 Å². The summed E-state index contributed by atoms with van der Waals surface area (Å²) in [6, 6.07) is 4.65. The molecule has 0 saturated heterocycles. The Morgan fingerprint density at radius 3 is 2.56 bits per heavy atom. The molecular formula is C11H12N2O3S2. The Morgan fingerprint density at radius 1 is 1.33 bits per heavy atom. The van der Waals surface area contributed by atoms with Crippen LogP contribution in [0.2, 0.25) is 0 Å². The number of carbonyl (C=O) groups excluding carboxylic acids is 1.